The van der Waals surface area contributed by atoms with Gasteiger partial charge in [-0.25, -0.2) is 0 Å². The molecule has 1 aliphatic carbocycles. The van der Waals surface area contributed by atoms with Crippen LogP contribution in [0, 0.1) is 0 Å². The number of thiol groups is 1. The molecule has 0 amide bonds. The zero-order chi connectivity index (χ0) is 10.4. The molecule has 1 fully saturated rings. The molecule has 0 N–H and O–H groups in total. The summed E-state index contributed by atoms with van der Waals surface area (Å²) in [5.74, 6) is 0. The highest BCUT2D eigenvalue weighted by atomic mass is 33.1. The van der Waals surface area contributed by atoms with Crippen LogP contribution in [0.4, 0.5) is 0 Å². The molecule has 1 rings (SSSR count). The van der Waals surface area contributed by atoms with E-state index in [1.807, 2.05) is 18.1 Å². The van der Waals surface area contributed by atoms with Crippen LogP contribution in [-0.2, 0) is 0 Å². The van der Waals surface area contributed by atoms with Crippen molar-refractivity contribution in [3.8, 4) is 0 Å². The zero-order valence-electron chi connectivity index (χ0n) is 8.65. The minimum Gasteiger partial charge on any atom is -0.256 e. The van der Waals surface area contributed by atoms with Crippen LogP contribution in [-0.4, -0.2) is 17.3 Å². The Labute approximate surface area is 95.6 Å². The van der Waals surface area contributed by atoms with Gasteiger partial charge >= 0.3 is 0 Å². The van der Waals surface area contributed by atoms with Crippen LogP contribution < -0.4 is 0 Å². The zero-order valence-corrected chi connectivity index (χ0v) is 10.4. The summed E-state index contributed by atoms with van der Waals surface area (Å²) in [5, 5.41) is 7.31. The fourth-order valence-electron chi connectivity index (χ4n) is 1.85. The fourth-order valence-corrected chi connectivity index (χ4v) is 2.38. The van der Waals surface area contributed by atoms with Crippen LogP contribution in [0.2, 0.25) is 0 Å². The second-order valence-electron chi connectivity index (χ2n) is 3.50. The van der Waals surface area contributed by atoms with Gasteiger partial charge in [0.2, 0.25) is 0 Å². The quantitative estimate of drug-likeness (QED) is 0.343. The molecule has 4 heteroatoms. The van der Waals surface area contributed by atoms with Gasteiger partial charge in [-0.2, -0.15) is 5.10 Å². The van der Waals surface area contributed by atoms with Gasteiger partial charge in [0, 0.05) is 6.21 Å². The minimum absolute atomic E-state index is 0.534. The number of hydrogen-bond donors (Lipinski definition) is 1. The molecule has 0 spiro atoms. The van der Waals surface area contributed by atoms with Crippen molar-refractivity contribution in [1.82, 2.24) is 5.01 Å². The van der Waals surface area contributed by atoms with Crippen LogP contribution in [0.3, 0.4) is 0 Å². The van der Waals surface area contributed by atoms with Crippen molar-refractivity contribution in [3.05, 3.63) is 11.6 Å². The highest BCUT2D eigenvalue weighted by Crippen LogP contribution is 2.30. The van der Waals surface area contributed by atoms with Crippen LogP contribution in [0.25, 0.3) is 0 Å². The molecule has 1 aliphatic rings. The van der Waals surface area contributed by atoms with E-state index in [1.165, 1.54) is 42.9 Å². The number of rotatable bonds is 4. The third kappa shape index (κ3) is 3.24. The fraction of sp³-hybridized carbons (Fsp3) is 0.700. The summed E-state index contributed by atoms with van der Waals surface area (Å²) >= 11 is 4.17. The van der Waals surface area contributed by atoms with Gasteiger partial charge in [0.15, 0.2) is 0 Å². The Bertz CT molecular complexity index is 210. The predicted molar refractivity (Wildman–Crippen MR) is 68.6 cm³/mol. The average Bonchev–Trinajstić information content (AvgIpc) is 2.26. The van der Waals surface area contributed by atoms with Crippen molar-refractivity contribution < 1.29 is 0 Å². The van der Waals surface area contributed by atoms with Crippen molar-refractivity contribution in [1.29, 1.82) is 0 Å². The molecule has 80 valence electrons. The van der Waals surface area contributed by atoms with E-state index in [0.29, 0.717) is 6.04 Å². The third-order valence-electron chi connectivity index (χ3n) is 2.52. The number of nitrogens with zero attached hydrogens (tertiary/aromatic N) is 2. The minimum atomic E-state index is 0.534. The summed E-state index contributed by atoms with van der Waals surface area (Å²) in [6, 6.07) is 0.534. The van der Waals surface area contributed by atoms with Gasteiger partial charge in [-0.1, -0.05) is 25.8 Å². The van der Waals surface area contributed by atoms with Crippen molar-refractivity contribution in [2.24, 2.45) is 5.10 Å². The van der Waals surface area contributed by atoms with E-state index in [9.17, 15) is 0 Å². The van der Waals surface area contributed by atoms with E-state index in [0.717, 1.165) is 5.03 Å². The number of hydrogen-bond acceptors (Lipinski definition) is 4. The van der Waals surface area contributed by atoms with Crippen molar-refractivity contribution in [3.63, 3.8) is 0 Å². The van der Waals surface area contributed by atoms with Gasteiger partial charge in [0.05, 0.1) is 11.1 Å². The SMILES string of the molecule is C=C(SS)N(/N=C\C)C1CCCCC1. The van der Waals surface area contributed by atoms with Gasteiger partial charge in [-0.3, -0.25) is 5.01 Å². The molecule has 0 aliphatic heterocycles. The molecule has 0 heterocycles. The molecule has 0 unspecified atom stereocenters. The Morgan fingerprint density at radius 3 is 2.64 bits per heavy atom. The van der Waals surface area contributed by atoms with Gasteiger partial charge in [0.1, 0.15) is 0 Å². The first-order valence-corrected chi connectivity index (χ1v) is 6.94. The van der Waals surface area contributed by atoms with Crippen molar-refractivity contribution in [2.75, 3.05) is 0 Å². The molecule has 0 aromatic carbocycles. The number of hydrazone groups is 1. The summed E-state index contributed by atoms with van der Waals surface area (Å²) in [4.78, 5) is 0. The highest BCUT2D eigenvalue weighted by Gasteiger charge is 2.21. The Balaban J connectivity index is 2.60. The molecule has 1 saturated carbocycles. The molecule has 0 aromatic heterocycles. The molecule has 0 saturated heterocycles. The Morgan fingerprint density at radius 1 is 1.50 bits per heavy atom. The molecular formula is C10H18N2S2. The van der Waals surface area contributed by atoms with Gasteiger partial charge in [-0.05, 0) is 30.6 Å². The maximum Gasteiger partial charge on any atom is 0.0958 e. The summed E-state index contributed by atoms with van der Waals surface area (Å²) in [7, 11) is 1.38. The Morgan fingerprint density at radius 2 is 2.14 bits per heavy atom. The monoisotopic (exact) mass is 230 g/mol. The molecule has 0 aromatic rings. The summed E-state index contributed by atoms with van der Waals surface area (Å²) in [6.07, 6.45) is 8.26. The van der Waals surface area contributed by atoms with Crippen LogP contribution >= 0.6 is 22.5 Å². The molecule has 14 heavy (non-hydrogen) atoms. The first-order chi connectivity index (χ1) is 6.79. The normalized spacial score (nSPS) is 18.7. The lowest BCUT2D eigenvalue weighted by atomic mass is 9.95. The summed E-state index contributed by atoms with van der Waals surface area (Å²) in [6.45, 7) is 5.90. The molecule has 0 atom stereocenters. The molecule has 0 bridgehead atoms. The van der Waals surface area contributed by atoms with E-state index in [-0.39, 0.29) is 0 Å². The van der Waals surface area contributed by atoms with Gasteiger partial charge in [0.25, 0.3) is 0 Å². The lowest BCUT2D eigenvalue weighted by molar-refractivity contribution is 0.222. The summed E-state index contributed by atoms with van der Waals surface area (Å²) < 4.78 is 0. The second-order valence-corrected chi connectivity index (χ2v) is 4.70. The highest BCUT2D eigenvalue weighted by molar-refractivity contribution is 8.70. The van der Waals surface area contributed by atoms with E-state index in [1.54, 1.807) is 0 Å². The van der Waals surface area contributed by atoms with E-state index >= 15 is 0 Å². The lowest BCUT2D eigenvalue weighted by Gasteiger charge is -2.32. The third-order valence-corrected chi connectivity index (χ3v) is 3.55. The Kier molecular flexibility index (Phi) is 5.48. The molecule has 0 radical (unpaired) electrons. The summed E-state index contributed by atoms with van der Waals surface area (Å²) in [5.41, 5.74) is 0. The van der Waals surface area contributed by atoms with E-state index < -0.39 is 0 Å². The van der Waals surface area contributed by atoms with Gasteiger partial charge < -0.3 is 0 Å². The standard InChI is InChI=1S/C10H18N2S2/c1-3-11-12(9(2)14-13)10-7-5-4-6-8-10/h3,10,13H,2,4-8H2,1H3/b11-3-. The van der Waals surface area contributed by atoms with Crippen molar-refractivity contribution in [2.45, 2.75) is 45.1 Å². The van der Waals surface area contributed by atoms with Gasteiger partial charge in [-0.15, -0.1) is 11.7 Å². The lowest BCUT2D eigenvalue weighted by Crippen LogP contribution is -2.30. The van der Waals surface area contributed by atoms with Crippen LogP contribution in [0.15, 0.2) is 16.7 Å². The second kappa shape index (κ2) is 6.40. The topological polar surface area (TPSA) is 15.6 Å². The van der Waals surface area contributed by atoms with Crippen molar-refractivity contribution >= 4 is 28.7 Å². The predicted octanol–water partition coefficient (Wildman–Crippen LogP) is 3.68. The first kappa shape index (κ1) is 12.0. The van der Waals surface area contributed by atoms with Crippen LogP contribution in [0.1, 0.15) is 39.0 Å². The average molecular weight is 230 g/mol. The largest absolute Gasteiger partial charge is 0.256 e. The van der Waals surface area contributed by atoms with E-state index in [4.69, 9.17) is 0 Å². The smallest absolute Gasteiger partial charge is 0.0958 e. The molecule has 2 nitrogen and oxygen atoms in total. The Hall–Kier alpha value is -0.0900. The maximum atomic E-state index is 4.36. The van der Waals surface area contributed by atoms with E-state index in [2.05, 4.69) is 23.3 Å². The first-order valence-electron chi connectivity index (χ1n) is 5.07. The molecular weight excluding hydrogens is 212 g/mol. The van der Waals surface area contributed by atoms with Crippen LogP contribution in [0.5, 0.6) is 0 Å². The maximum absolute atomic E-state index is 4.36.